The van der Waals surface area contributed by atoms with Crippen LogP contribution in [0.4, 0.5) is 14.4 Å². The summed E-state index contributed by atoms with van der Waals surface area (Å²) in [5, 5.41) is 34.1. The maximum atomic E-state index is 14.5. The van der Waals surface area contributed by atoms with Crippen molar-refractivity contribution in [3.05, 3.63) is 30.5 Å². The quantitative estimate of drug-likeness (QED) is 0.0988. The lowest BCUT2D eigenvalue weighted by Gasteiger charge is -2.47. The van der Waals surface area contributed by atoms with Gasteiger partial charge in [-0.2, -0.15) is 3.89 Å². The van der Waals surface area contributed by atoms with Crippen LogP contribution in [-0.4, -0.2) is 165 Å². The molecule has 66 heavy (non-hydrogen) atoms. The Morgan fingerprint density at radius 2 is 1.82 bits per heavy atom. The molecule has 14 atom stereocenters. The molecule has 5 heterocycles. The Bertz CT molecular complexity index is 1900. The Labute approximate surface area is 393 Å². The summed E-state index contributed by atoms with van der Waals surface area (Å²) in [6.45, 7) is 16.9. The highest BCUT2D eigenvalue weighted by Crippen LogP contribution is 2.40. The van der Waals surface area contributed by atoms with Crippen molar-refractivity contribution in [2.75, 3.05) is 51.9 Å². The monoisotopic (exact) mass is 952 g/mol. The van der Waals surface area contributed by atoms with E-state index in [1.165, 1.54) is 13.2 Å². The van der Waals surface area contributed by atoms with Gasteiger partial charge in [-0.25, -0.2) is 4.79 Å². The molecular formula is C46H74FN7O11S. The number of carbonyl (C=O) groups is 3. The van der Waals surface area contributed by atoms with Crippen LogP contribution in [0.2, 0.25) is 0 Å². The number of methoxy groups -OCH3 is 1. The van der Waals surface area contributed by atoms with Gasteiger partial charge in [0.05, 0.1) is 43.3 Å². The van der Waals surface area contributed by atoms with Gasteiger partial charge in [-0.1, -0.05) is 38.1 Å². The molecule has 0 radical (unpaired) electrons. The number of esters is 1. The van der Waals surface area contributed by atoms with Crippen LogP contribution >= 0.6 is 12.1 Å². The normalized spacial score (nSPS) is 36.1. The molecule has 372 valence electrons. The number of cyclic esters (lactones) is 1. The number of carbonyl (C=O) groups excluding carboxylic acids is 3. The summed E-state index contributed by atoms with van der Waals surface area (Å²) in [6.07, 6.45) is 0.270. The number of ketones is 1. The number of aliphatic hydroxyl groups excluding tert-OH is 2. The van der Waals surface area contributed by atoms with Gasteiger partial charge >= 0.3 is 12.1 Å². The van der Waals surface area contributed by atoms with E-state index in [0.717, 1.165) is 11.3 Å². The number of hydrogen-bond acceptors (Lipinski definition) is 17. The topological polar surface area (TPSA) is 222 Å². The first kappa shape index (κ1) is 53.5. The lowest BCUT2D eigenvalue weighted by molar-refractivity contribution is -0.299. The molecule has 6 rings (SSSR count). The largest absolute Gasteiger partial charge is 0.458 e. The summed E-state index contributed by atoms with van der Waals surface area (Å²) >= 11 is 0.250. The molecule has 0 saturated carbocycles. The van der Waals surface area contributed by atoms with E-state index in [1.54, 1.807) is 23.6 Å². The highest BCUT2D eigenvalue weighted by Gasteiger charge is 2.59. The average molecular weight is 952 g/mol. The Hall–Kier alpha value is -3.47. The highest BCUT2D eigenvalue weighted by molar-refractivity contribution is 7.93. The number of aliphatic hydroxyl groups is 2. The molecule has 0 bridgehead atoms. The fourth-order valence-corrected chi connectivity index (χ4v) is 10.3. The first-order valence-electron chi connectivity index (χ1n) is 23.3. The van der Waals surface area contributed by atoms with Crippen LogP contribution in [0, 0.1) is 17.8 Å². The summed E-state index contributed by atoms with van der Waals surface area (Å²) in [7, 11) is 1.57. The third-order valence-corrected chi connectivity index (χ3v) is 13.8. The number of nitrogens with one attached hydrogen (secondary N) is 1. The van der Waals surface area contributed by atoms with E-state index in [9.17, 15) is 28.5 Å². The maximum absolute atomic E-state index is 14.5. The molecule has 5 N–H and O–H groups in total. The number of nitrogens with zero attached hydrogens (tertiary/aromatic N) is 5. The van der Waals surface area contributed by atoms with Gasteiger partial charge in [0.15, 0.2) is 17.7 Å². The second-order valence-corrected chi connectivity index (χ2v) is 19.0. The van der Waals surface area contributed by atoms with Crippen LogP contribution in [0.3, 0.4) is 0 Å². The van der Waals surface area contributed by atoms with Gasteiger partial charge in [0.25, 0.3) is 0 Å². The van der Waals surface area contributed by atoms with E-state index in [4.69, 9.17) is 34.2 Å². The molecule has 2 aromatic rings. The minimum Gasteiger partial charge on any atom is -0.458 e. The summed E-state index contributed by atoms with van der Waals surface area (Å²) in [5.74, 6) is -3.37. The Kier molecular flexibility index (Phi) is 19.2. The summed E-state index contributed by atoms with van der Waals surface area (Å²) in [5.41, 5.74) is 5.85. The zero-order valence-corrected chi connectivity index (χ0v) is 41.1. The van der Waals surface area contributed by atoms with Crippen LogP contribution in [0.1, 0.15) is 87.5 Å². The number of unbranched alkanes of at least 4 members (excludes halogenated alkanes) is 1. The van der Waals surface area contributed by atoms with Gasteiger partial charge in [0.1, 0.15) is 30.0 Å². The van der Waals surface area contributed by atoms with E-state index in [1.807, 2.05) is 70.0 Å². The number of ether oxygens (including phenoxy) is 6. The van der Waals surface area contributed by atoms with Gasteiger partial charge in [-0.3, -0.25) is 24.1 Å². The van der Waals surface area contributed by atoms with Crippen LogP contribution in [0.25, 0.3) is 11.3 Å². The lowest BCUT2D eigenvalue weighted by atomic mass is 9.78. The third kappa shape index (κ3) is 12.2. The minimum absolute atomic E-state index is 0.0539. The second-order valence-electron chi connectivity index (χ2n) is 18.7. The SMILES string of the molecule is CC[C@H]1OC(=O)[C@H](C)C(=O)[C@H](C)[C@@H](O[C@@H]2OC(C)CC(N3CCOC3CO)C2O)[C@](C)(OC)C[C@@H](C)CN[C@H](C)[C@H]2N(CCCCn3cc(-c4cccc(N)c4)nn3)C(=O)O[C@]12C.CSF. The van der Waals surface area contributed by atoms with Crippen molar-refractivity contribution in [1.29, 1.82) is 0 Å². The number of amides is 1. The first-order chi connectivity index (χ1) is 31.4. The van der Waals surface area contributed by atoms with Crippen molar-refractivity contribution in [3.8, 4) is 11.3 Å². The number of aromatic nitrogens is 3. The minimum atomic E-state index is -1.26. The number of halogens is 1. The smallest absolute Gasteiger partial charge is 0.410 e. The van der Waals surface area contributed by atoms with Crippen molar-refractivity contribution in [2.45, 2.75) is 160 Å². The van der Waals surface area contributed by atoms with E-state index < -0.39 is 83.8 Å². The van der Waals surface area contributed by atoms with Crippen LogP contribution in [0.5, 0.6) is 0 Å². The zero-order chi connectivity index (χ0) is 48.5. The summed E-state index contributed by atoms with van der Waals surface area (Å²) in [4.78, 5) is 46.2. The Morgan fingerprint density at radius 1 is 1.11 bits per heavy atom. The van der Waals surface area contributed by atoms with E-state index in [-0.39, 0.29) is 36.8 Å². The number of fused-ring (bicyclic) bond motifs is 1. The van der Waals surface area contributed by atoms with Gasteiger partial charge in [0.2, 0.25) is 0 Å². The molecule has 4 fully saturated rings. The number of nitrogen functional groups attached to an aromatic ring is 1. The van der Waals surface area contributed by atoms with Gasteiger partial charge in [0, 0.05) is 74.4 Å². The molecule has 18 nitrogen and oxygen atoms in total. The molecule has 0 spiro atoms. The first-order valence-corrected chi connectivity index (χ1v) is 24.4. The maximum Gasteiger partial charge on any atom is 0.410 e. The van der Waals surface area contributed by atoms with Gasteiger partial charge in [-0.15, -0.1) is 5.10 Å². The van der Waals surface area contributed by atoms with Crippen molar-refractivity contribution < 1.29 is 56.9 Å². The van der Waals surface area contributed by atoms with Gasteiger partial charge in [-0.05, 0) is 91.3 Å². The predicted molar refractivity (Wildman–Crippen MR) is 246 cm³/mol. The van der Waals surface area contributed by atoms with E-state index >= 15 is 0 Å². The Balaban J connectivity index is 0.00000265. The molecule has 4 aliphatic heterocycles. The molecule has 20 heteroatoms. The third-order valence-electron chi connectivity index (χ3n) is 13.8. The van der Waals surface area contributed by atoms with Crippen LogP contribution < -0.4 is 11.1 Å². The Morgan fingerprint density at radius 3 is 2.48 bits per heavy atom. The standard InChI is InChI=1S/C45H71N7O11.CH3FS/c1-10-35-45(8)39(52(43(57)63-45)17-12-11-16-50-24-33(48-49-50)31-14-13-15-32(46)21-31)30(6)47-23-26(2)22-44(7,58-9)40(28(4)37(54)29(5)41(56)61-35)62-42-38(55)34(20-27(3)60-42)51-18-19-59-36(51)25-53;1-3-2/h13-15,21,24,26-30,34-36,38-40,42,47,53,55H,10-12,16-20,22-23,25,46H2,1-9H3;1H3/t26-,27?,28+,29-,30-,34?,35-,36?,38?,39-,40-,42+,44-,45-;/m1./s1. The second kappa shape index (κ2) is 23.7. The fourth-order valence-electron chi connectivity index (χ4n) is 10.3. The van der Waals surface area contributed by atoms with E-state index in [2.05, 4.69) is 22.6 Å². The van der Waals surface area contributed by atoms with E-state index in [0.29, 0.717) is 70.6 Å². The predicted octanol–water partition coefficient (Wildman–Crippen LogP) is 4.61. The highest BCUT2D eigenvalue weighted by atomic mass is 32.2. The molecule has 0 aliphatic carbocycles. The molecule has 1 amide bonds. The average Bonchev–Trinajstić information content (AvgIpc) is 4.03. The number of benzene rings is 1. The van der Waals surface area contributed by atoms with Crippen LogP contribution in [0.15, 0.2) is 30.5 Å². The number of rotatable bonds is 12. The molecular weight excluding hydrogens is 878 g/mol. The molecule has 1 aromatic carbocycles. The summed E-state index contributed by atoms with van der Waals surface area (Å²) < 4.78 is 49.4. The lowest BCUT2D eigenvalue weighted by Crippen LogP contribution is -2.61. The van der Waals surface area contributed by atoms with Crippen molar-refractivity contribution in [2.24, 2.45) is 17.8 Å². The zero-order valence-electron chi connectivity index (χ0n) is 40.3. The van der Waals surface area contributed by atoms with Gasteiger partial charge < -0.3 is 49.7 Å². The van der Waals surface area contributed by atoms with Crippen molar-refractivity contribution >= 4 is 35.7 Å². The summed E-state index contributed by atoms with van der Waals surface area (Å²) in [6, 6.07) is 6.17. The molecule has 4 aliphatic rings. The number of hydrogen-bond donors (Lipinski definition) is 4. The van der Waals surface area contributed by atoms with Crippen molar-refractivity contribution in [3.63, 3.8) is 0 Å². The molecule has 4 saturated heterocycles. The number of anilines is 1. The van der Waals surface area contributed by atoms with Crippen molar-refractivity contribution in [1.82, 2.24) is 30.1 Å². The number of nitrogens with two attached hydrogens (primary N) is 1. The number of aryl methyl sites for hydroxylation is 1. The van der Waals surface area contributed by atoms with Crippen LogP contribution in [-0.2, 0) is 44.6 Å². The molecule has 1 aromatic heterocycles. The molecule has 4 unspecified atom stereocenters. The fraction of sp³-hybridized carbons (Fsp3) is 0.761. The number of Topliss-reactive ketones (excluding diaryl/α,β-unsaturated/α-hetero) is 1.